The van der Waals surface area contributed by atoms with E-state index in [4.69, 9.17) is 11.2 Å². The number of morpholine rings is 1. The Balaban J connectivity index is 2.37. The minimum absolute atomic E-state index is 0.0921. The molecule has 3 heteroatoms. The number of amides is 1. The van der Waals surface area contributed by atoms with E-state index in [1.165, 1.54) is 0 Å². The van der Waals surface area contributed by atoms with Crippen LogP contribution in [-0.2, 0) is 9.53 Å². The van der Waals surface area contributed by atoms with Gasteiger partial charge in [-0.3, -0.25) is 4.79 Å². The molecule has 0 aromatic heterocycles. The van der Waals surface area contributed by atoms with Crippen molar-refractivity contribution in [1.29, 1.82) is 0 Å². The minimum Gasteiger partial charge on any atom is -0.354 e. The standard InChI is InChI=1S/C6H7NO2/c1-2-5-3-7-6(8)4-9-5/h1,5H,3-4H2,(H,7,8)/t5-/m0/s1. The smallest absolute Gasteiger partial charge is 0.246 e. The second-order valence-corrected chi connectivity index (χ2v) is 1.77. The number of hydrogen-bond donors (Lipinski definition) is 1. The van der Waals surface area contributed by atoms with Crippen molar-refractivity contribution in [1.82, 2.24) is 5.32 Å². The molecule has 3 nitrogen and oxygen atoms in total. The number of nitrogens with one attached hydrogen (secondary N) is 1. The Hall–Kier alpha value is -1.01. The van der Waals surface area contributed by atoms with Crippen LogP contribution in [0.1, 0.15) is 0 Å². The second kappa shape index (κ2) is 2.51. The van der Waals surface area contributed by atoms with Gasteiger partial charge in [-0.25, -0.2) is 0 Å². The average molecular weight is 125 g/mol. The first-order chi connectivity index (χ1) is 4.33. The van der Waals surface area contributed by atoms with Gasteiger partial charge in [0.2, 0.25) is 5.91 Å². The molecule has 1 amide bonds. The molecule has 1 aliphatic heterocycles. The molecule has 1 fully saturated rings. The number of hydrogen-bond acceptors (Lipinski definition) is 2. The minimum atomic E-state index is -0.234. The van der Waals surface area contributed by atoms with Gasteiger partial charge in [0.1, 0.15) is 12.7 Å². The molecule has 1 saturated heterocycles. The number of carbonyl (C=O) groups is 1. The van der Waals surface area contributed by atoms with E-state index in [-0.39, 0.29) is 18.6 Å². The zero-order valence-corrected chi connectivity index (χ0v) is 4.89. The molecule has 1 rings (SSSR count). The summed E-state index contributed by atoms with van der Waals surface area (Å²) in [5, 5.41) is 2.58. The normalized spacial score (nSPS) is 26.6. The van der Waals surface area contributed by atoms with Gasteiger partial charge in [0, 0.05) is 0 Å². The van der Waals surface area contributed by atoms with E-state index in [0.717, 1.165) is 0 Å². The molecule has 0 aromatic carbocycles. The maximum atomic E-state index is 10.4. The Morgan fingerprint density at radius 1 is 1.89 bits per heavy atom. The van der Waals surface area contributed by atoms with Crippen LogP contribution in [0.3, 0.4) is 0 Å². The Kier molecular flexibility index (Phi) is 1.71. The van der Waals surface area contributed by atoms with Crippen LogP contribution in [0.4, 0.5) is 0 Å². The largest absolute Gasteiger partial charge is 0.354 e. The lowest BCUT2D eigenvalue weighted by atomic mass is 10.3. The van der Waals surface area contributed by atoms with Crippen LogP contribution < -0.4 is 5.32 Å². The molecular formula is C6H7NO2. The molecule has 1 aliphatic rings. The number of carbonyl (C=O) groups excluding carboxylic acids is 1. The molecule has 48 valence electrons. The Labute approximate surface area is 53.4 Å². The fourth-order valence-electron chi connectivity index (χ4n) is 0.600. The van der Waals surface area contributed by atoms with Gasteiger partial charge in [0.15, 0.2) is 0 Å². The van der Waals surface area contributed by atoms with Crippen molar-refractivity contribution in [3.63, 3.8) is 0 Å². The van der Waals surface area contributed by atoms with Crippen molar-refractivity contribution in [2.24, 2.45) is 0 Å². The van der Waals surface area contributed by atoms with Crippen LogP contribution in [0.15, 0.2) is 0 Å². The van der Waals surface area contributed by atoms with Crippen molar-refractivity contribution in [3.8, 4) is 12.3 Å². The van der Waals surface area contributed by atoms with Gasteiger partial charge in [-0.05, 0) is 0 Å². The molecule has 1 heterocycles. The predicted octanol–water partition coefficient (Wildman–Crippen LogP) is -0.865. The van der Waals surface area contributed by atoms with Gasteiger partial charge in [0.25, 0.3) is 0 Å². The van der Waals surface area contributed by atoms with Gasteiger partial charge in [-0.15, -0.1) is 6.42 Å². The molecule has 0 unspecified atom stereocenters. The molecule has 0 radical (unpaired) electrons. The summed E-state index contributed by atoms with van der Waals surface area (Å²) in [5.74, 6) is 2.29. The van der Waals surface area contributed by atoms with Crippen molar-refractivity contribution in [2.75, 3.05) is 13.2 Å². The van der Waals surface area contributed by atoms with E-state index in [1.807, 2.05) is 0 Å². The summed E-state index contributed by atoms with van der Waals surface area (Å²) in [4.78, 5) is 10.4. The fraction of sp³-hybridized carbons (Fsp3) is 0.500. The Bertz CT molecular complexity index is 149. The highest BCUT2D eigenvalue weighted by Gasteiger charge is 2.14. The highest BCUT2D eigenvalue weighted by Crippen LogP contribution is 1.92. The molecule has 0 spiro atoms. The molecule has 9 heavy (non-hydrogen) atoms. The first kappa shape index (κ1) is 6.12. The van der Waals surface area contributed by atoms with Gasteiger partial charge < -0.3 is 10.1 Å². The zero-order chi connectivity index (χ0) is 6.69. The molecule has 0 bridgehead atoms. The van der Waals surface area contributed by atoms with Gasteiger partial charge in [0.05, 0.1) is 6.54 Å². The quantitative estimate of drug-likeness (QED) is 0.427. The van der Waals surface area contributed by atoms with Crippen molar-refractivity contribution in [2.45, 2.75) is 6.10 Å². The molecular weight excluding hydrogens is 118 g/mol. The van der Waals surface area contributed by atoms with E-state index in [1.54, 1.807) is 0 Å². The number of ether oxygens (including phenoxy) is 1. The van der Waals surface area contributed by atoms with Crippen molar-refractivity contribution >= 4 is 5.91 Å². The zero-order valence-electron chi connectivity index (χ0n) is 4.89. The van der Waals surface area contributed by atoms with E-state index >= 15 is 0 Å². The van der Waals surface area contributed by atoms with Gasteiger partial charge >= 0.3 is 0 Å². The second-order valence-electron chi connectivity index (χ2n) is 1.77. The van der Waals surface area contributed by atoms with Crippen LogP contribution in [0, 0.1) is 12.3 Å². The third kappa shape index (κ3) is 1.44. The van der Waals surface area contributed by atoms with Crippen LogP contribution >= 0.6 is 0 Å². The third-order valence-electron chi connectivity index (χ3n) is 1.09. The highest BCUT2D eigenvalue weighted by molar-refractivity contribution is 5.77. The molecule has 0 aromatic rings. The summed E-state index contributed by atoms with van der Waals surface area (Å²) in [6.07, 6.45) is 4.79. The van der Waals surface area contributed by atoms with Crippen molar-refractivity contribution in [3.05, 3.63) is 0 Å². The Morgan fingerprint density at radius 3 is 3.11 bits per heavy atom. The lowest BCUT2D eigenvalue weighted by Gasteiger charge is -2.17. The molecule has 0 saturated carbocycles. The van der Waals surface area contributed by atoms with Gasteiger partial charge in [-0.1, -0.05) is 5.92 Å². The van der Waals surface area contributed by atoms with E-state index in [0.29, 0.717) is 6.54 Å². The van der Waals surface area contributed by atoms with E-state index in [2.05, 4.69) is 11.2 Å². The summed E-state index contributed by atoms with van der Waals surface area (Å²) in [6, 6.07) is 0. The molecule has 1 N–H and O–H groups in total. The maximum absolute atomic E-state index is 10.4. The van der Waals surface area contributed by atoms with Crippen LogP contribution in [-0.4, -0.2) is 25.2 Å². The highest BCUT2D eigenvalue weighted by atomic mass is 16.5. The summed E-state index contributed by atoms with van der Waals surface area (Å²) in [6.45, 7) is 0.532. The van der Waals surface area contributed by atoms with Crippen LogP contribution in [0.25, 0.3) is 0 Å². The predicted molar refractivity (Wildman–Crippen MR) is 31.6 cm³/mol. The van der Waals surface area contributed by atoms with E-state index in [9.17, 15) is 4.79 Å². The van der Waals surface area contributed by atoms with Crippen LogP contribution in [0.5, 0.6) is 0 Å². The van der Waals surface area contributed by atoms with Gasteiger partial charge in [-0.2, -0.15) is 0 Å². The molecule has 1 atom stereocenters. The third-order valence-corrected chi connectivity index (χ3v) is 1.09. The SMILES string of the molecule is C#C[C@H]1CNC(=O)CO1. The summed E-state index contributed by atoms with van der Waals surface area (Å²) >= 11 is 0. The topological polar surface area (TPSA) is 38.3 Å². The van der Waals surface area contributed by atoms with E-state index < -0.39 is 0 Å². The Morgan fingerprint density at radius 2 is 2.67 bits per heavy atom. The summed E-state index contributed by atoms with van der Waals surface area (Å²) < 4.78 is 4.89. The maximum Gasteiger partial charge on any atom is 0.246 e. The fourth-order valence-corrected chi connectivity index (χ4v) is 0.600. The summed E-state index contributed by atoms with van der Waals surface area (Å²) in [5.41, 5.74) is 0. The lowest BCUT2D eigenvalue weighted by Crippen LogP contribution is -2.42. The first-order valence-corrected chi connectivity index (χ1v) is 2.67. The molecule has 0 aliphatic carbocycles. The monoisotopic (exact) mass is 125 g/mol. The van der Waals surface area contributed by atoms with Crippen molar-refractivity contribution < 1.29 is 9.53 Å². The summed E-state index contributed by atoms with van der Waals surface area (Å²) in [7, 11) is 0. The number of rotatable bonds is 0. The number of terminal acetylenes is 1. The average Bonchev–Trinajstić information content (AvgIpc) is 1.90. The van der Waals surface area contributed by atoms with Crippen LogP contribution in [0.2, 0.25) is 0 Å². The first-order valence-electron chi connectivity index (χ1n) is 2.67. The lowest BCUT2D eigenvalue weighted by molar-refractivity contribution is -0.131.